The number of benzene rings is 1. The van der Waals surface area contributed by atoms with Gasteiger partial charge >= 0.3 is 0 Å². The molecule has 0 aliphatic heterocycles. The fraction of sp³-hybridized carbons (Fsp3) is 0.429. The Balaban J connectivity index is 2.86. The lowest BCUT2D eigenvalue weighted by Gasteiger charge is -2.16. The van der Waals surface area contributed by atoms with Crippen molar-refractivity contribution in [2.24, 2.45) is 0 Å². The first-order valence-electron chi connectivity index (χ1n) is 6.14. The molecule has 1 amide bonds. The molecule has 0 radical (unpaired) electrons. The highest BCUT2D eigenvalue weighted by Crippen LogP contribution is 2.17. The Morgan fingerprint density at radius 1 is 1.53 bits per heavy atom. The number of rotatable bonds is 5. The van der Waals surface area contributed by atoms with Crippen LogP contribution < -0.4 is 10.2 Å². The van der Waals surface area contributed by atoms with E-state index in [0.717, 1.165) is 0 Å². The quantitative estimate of drug-likeness (QED) is 0.887. The molecule has 0 heterocycles. The van der Waals surface area contributed by atoms with Gasteiger partial charge in [0.25, 0.3) is 5.91 Å². The summed E-state index contributed by atoms with van der Waals surface area (Å²) >= 11 is 0. The fourth-order valence-corrected chi connectivity index (χ4v) is 1.64. The number of hydrogen-bond donors (Lipinski definition) is 1. The minimum atomic E-state index is -0.560. The second kappa shape index (κ2) is 6.74. The van der Waals surface area contributed by atoms with Crippen LogP contribution in [0.3, 0.4) is 0 Å². The highest BCUT2D eigenvalue weighted by atomic mass is 19.1. The van der Waals surface area contributed by atoms with E-state index in [1.807, 2.05) is 13.0 Å². The van der Waals surface area contributed by atoms with Gasteiger partial charge in [0.1, 0.15) is 5.82 Å². The summed E-state index contributed by atoms with van der Waals surface area (Å²) in [5.41, 5.74) is 0.695. The van der Waals surface area contributed by atoms with Gasteiger partial charge in [0, 0.05) is 25.8 Å². The standard InChI is InChI=1S/C14H18FN3O/c1-4-10(7-8-16)17-14(19)12-6-5-11(18(2)3)9-13(12)15/h5-6,9-10H,4,7H2,1-3H3,(H,17,19)/t10-/m0/s1. The van der Waals surface area contributed by atoms with Gasteiger partial charge in [-0.2, -0.15) is 5.26 Å². The number of carbonyl (C=O) groups excluding carboxylic acids is 1. The summed E-state index contributed by atoms with van der Waals surface area (Å²) in [6, 6.07) is 6.21. The predicted octanol–water partition coefficient (Wildman–Crippen LogP) is 2.31. The van der Waals surface area contributed by atoms with Crippen molar-refractivity contribution < 1.29 is 9.18 Å². The minimum Gasteiger partial charge on any atom is -0.378 e. The van der Waals surface area contributed by atoms with E-state index in [1.165, 1.54) is 12.1 Å². The zero-order chi connectivity index (χ0) is 14.4. The number of nitrogens with one attached hydrogen (secondary N) is 1. The summed E-state index contributed by atoms with van der Waals surface area (Å²) in [5, 5.41) is 11.3. The van der Waals surface area contributed by atoms with Crippen molar-refractivity contribution in [2.75, 3.05) is 19.0 Å². The van der Waals surface area contributed by atoms with E-state index in [2.05, 4.69) is 5.32 Å². The summed E-state index contributed by atoms with van der Waals surface area (Å²) in [7, 11) is 3.60. The van der Waals surface area contributed by atoms with Crippen LogP contribution in [0.15, 0.2) is 18.2 Å². The molecule has 0 bridgehead atoms. The molecule has 1 aromatic rings. The molecule has 0 aliphatic carbocycles. The molecule has 102 valence electrons. The molecule has 1 rings (SSSR count). The van der Waals surface area contributed by atoms with Crippen LogP contribution >= 0.6 is 0 Å². The fourth-order valence-electron chi connectivity index (χ4n) is 1.64. The highest BCUT2D eigenvalue weighted by Gasteiger charge is 2.16. The van der Waals surface area contributed by atoms with Crippen LogP contribution in [-0.4, -0.2) is 26.0 Å². The average molecular weight is 263 g/mol. The Kier molecular flexibility index (Phi) is 5.31. The number of anilines is 1. The predicted molar refractivity (Wildman–Crippen MR) is 72.5 cm³/mol. The first-order chi connectivity index (χ1) is 8.99. The van der Waals surface area contributed by atoms with Gasteiger partial charge < -0.3 is 10.2 Å². The summed E-state index contributed by atoms with van der Waals surface area (Å²) in [5.74, 6) is -1.04. The average Bonchev–Trinajstić information content (AvgIpc) is 2.37. The zero-order valence-electron chi connectivity index (χ0n) is 11.4. The minimum absolute atomic E-state index is 0.00184. The van der Waals surface area contributed by atoms with Gasteiger partial charge in [-0.25, -0.2) is 4.39 Å². The molecule has 1 aromatic carbocycles. The summed E-state index contributed by atoms with van der Waals surface area (Å²) in [6.45, 7) is 1.87. The lowest BCUT2D eigenvalue weighted by Crippen LogP contribution is -2.34. The Morgan fingerprint density at radius 3 is 2.68 bits per heavy atom. The smallest absolute Gasteiger partial charge is 0.254 e. The van der Waals surface area contributed by atoms with E-state index < -0.39 is 11.7 Å². The maximum atomic E-state index is 13.8. The van der Waals surface area contributed by atoms with E-state index in [4.69, 9.17) is 5.26 Å². The number of halogens is 1. The summed E-state index contributed by atoms with van der Waals surface area (Å²) < 4.78 is 13.8. The third-order valence-electron chi connectivity index (χ3n) is 2.88. The summed E-state index contributed by atoms with van der Waals surface area (Å²) in [6.07, 6.45) is 0.857. The van der Waals surface area contributed by atoms with E-state index in [0.29, 0.717) is 12.1 Å². The molecular weight excluding hydrogens is 245 g/mol. The molecule has 19 heavy (non-hydrogen) atoms. The molecule has 1 N–H and O–H groups in total. The van der Waals surface area contributed by atoms with Crippen LogP contribution in [0.2, 0.25) is 0 Å². The third kappa shape index (κ3) is 3.95. The molecule has 0 fully saturated rings. The lowest BCUT2D eigenvalue weighted by molar-refractivity contribution is 0.0932. The molecule has 0 aliphatic rings. The molecular formula is C14H18FN3O. The van der Waals surface area contributed by atoms with Crippen LogP contribution in [-0.2, 0) is 0 Å². The monoisotopic (exact) mass is 263 g/mol. The Morgan fingerprint density at radius 2 is 2.21 bits per heavy atom. The second-order valence-corrected chi connectivity index (χ2v) is 4.50. The van der Waals surface area contributed by atoms with E-state index in [1.54, 1.807) is 25.1 Å². The summed E-state index contributed by atoms with van der Waals surface area (Å²) in [4.78, 5) is 13.7. The number of nitrogens with zero attached hydrogens (tertiary/aromatic N) is 2. The molecule has 5 heteroatoms. The Hall–Kier alpha value is -2.09. The van der Waals surface area contributed by atoms with Crippen molar-refractivity contribution in [3.05, 3.63) is 29.6 Å². The normalized spacial score (nSPS) is 11.5. The maximum Gasteiger partial charge on any atom is 0.254 e. The van der Waals surface area contributed by atoms with Gasteiger partial charge in [-0.1, -0.05) is 6.92 Å². The van der Waals surface area contributed by atoms with Gasteiger partial charge in [0.15, 0.2) is 0 Å². The number of amides is 1. The molecule has 4 nitrogen and oxygen atoms in total. The Bertz CT molecular complexity index is 494. The van der Waals surface area contributed by atoms with Gasteiger partial charge in [-0.05, 0) is 24.6 Å². The molecule has 0 saturated carbocycles. The van der Waals surface area contributed by atoms with E-state index in [-0.39, 0.29) is 18.0 Å². The van der Waals surface area contributed by atoms with E-state index in [9.17, 15) is 9.18 Å². The second-order valence-electron chi connectivity index (χ2n) is 4.50. The van der Waals surface area contributed by atoms with Crippen molar-refractivity contribution in [3.8, 4) is 6.07 Å². The van der Waals surface area contributed by atoms with Crippen molar-refractivity contribution in [2.45, 2.75) is 25.8 Å². The van der Waals surface area contributed by atoms with Crippen LogP contribution in [0.1, 0.15) is 30.1 Å². The van der Waals surface area contributed by atoms with Crippen LogP contribution in [0.25, 0.3) is 0 Å². The number of hydrogen-bond acceptors (Lipinski definition) is 3. The van der Waals surface area contributed by atoms with E-state index >= 15 is 0 Å². The van der Waals surface area contributed by atoms with Crippen LogP contribution in [0.5, 0.6) is 0 Å². The van der Waals surface area contributed by atoms with Gasteiger partial charge in [-0.3, -0.25) is 4.79 Å². The largest absolute Gasteiger partial charge is 0.378 e. The van der Waals surface area contributed by atoms with Gasteiger partial charge in [0.05, 0.1) is 18.1 Å². The maximum absolute atomic E-state index is 13.8. The van der Waals surface area contributed by atoms with Crippen LogP contribution in [0.4, 0.5) is 10.1 Å². The SMILES string of the molecule is CC[C@@H](CC#N)NC(=O)c1ccc(N(C)C)cc1F. The lowest BCUT2D eigenvalue weighted by atomic mass is 10.1. The van der Waals surface area contributed by atoms with Crippen molar-refractivity contribution in [1.29, 1.82) is 5.26 Å². The van der Waals surface area contributed by atoms with Crippen molar-refractivity contribution in [3.63, 3.8) is 0 Å². The van der Waals surface area contributed by atoms with Crippen LogP contribution in [0, 0.1) is 17.1 Å². The molecule has 0 aromatic heterocycles. The number of carbonyl (C=O) groups is 1. The molecule has 0 saturated heterocycles. The topological polar surface area (TPSA) is 56.1 Å². The molecule has 1 atom stereocenters. The zero-order valence-corrected chi connectivity index (χ0v) is 11.4. The highest BCUT2D eigenvalue weighted by molar-refractivity contribution is 5.95. The van der Waals surface area contributed by atoms with Gasteiger partial charge in [-0.15, -0.1) is 0 Å². The number of nitriles is 1. The Labute approximate surface area is 112 Å². The van der Waals surface area contributed by atoms with Crippen molar-refractivity contribution in [1.82, 2.24) is 5.32 Å². The van der Waals surface area contributed by atoms with Gasteiger partial charge in [0.2, 0.25) is 0 Å². The molecule has 0 unspecified atom stereocenters. The van der Waals surface area contributed by atoms with Crippen molar-refractivity contribution >= 4 is 11.6 Å². The third-order valence-corrected chi connectivity index (χ3v) is 2.88. The molecule has 0 spiro atoms. The first kappa shape index (κ1) is 15.0. The first-order valence-corrected chi connectivity index (χ1v) is 6.14.